The molecule has 0 spiro atoms. The van der Waals surface area contributed by atoms with Crippen LogP contribution in [0.1, 0.15) is 18.9 Å². The summed E-state index contributed by atoms with van der Waals surface area (Å²) in [6.07, 6.45) is 0.640. The minimum absolute atomic E-state index is 0.140. The monoisotopic (exact) mass is 270 g/mol. The largest absolute Gasteiger partial charge is 0.325 e. The van der Waals surface area contributed by atoms with Crippen molar-refractivity contribution in [3.05, 3.63) is 28.2 Å². The van der Waals surface area contributed by atoms with E-state index in [1.807, 2.05) is 32.0 Å². The van der Waals surface area contributed by atoms with Gasteiger partial charge in [0.05, 0.1) is 6.04 Å². The molecule has 0 aliphatic carbocycles. The number of rotatable bonds is 3. The standard InChI is InChI=1S/C11H15BrN2O/c1-3-10(13)11(15)14-8-4-5-9(12)7(2)6-8/h4-6,10H,3,13H2,1-2H3,(H,14,15)/t10-/m0/s1. The summed E-state index contributed by atoms with van der Waals surface area (Å²) in [5.74, 6) is -0.140. The van der Waals surface area contributed by atoms with Crippen LogP contribution in [0, 0.1) is 6.92 Å². The fourth-order valence-electron chi connectivity index (χ4n) is 1.14. The van der Waals surface area contributed by atoms with E-state index >= 15 is 0 Å². The lowest BCUT2D eigenvalue weighted by Crippen LogP contribution is -2.34. The third-order valence-corrected chi connectivity index (χ3v) is 3.09. The molecule has 0 saturated carbocycles. The van der Waals surface area contributed by atoms with E-state index in [0.717, 1.165) is 15.7 Å². The van der Waals surface area contributed by atoms with Crippen molar-refractivity contribution in [2.24, 2.45) is 5.73 Å². The van der Waals surface area contributed by atoms with E-state index in [2.05, 4.69) is 21.2 Å². The van der Waals surface area contributed by atoms with E-state index in [-0.39, 0.29) is 5.91 Å². The van der Waals surface area contributed by atoms with Crippen LogP contribution in [0.4, 0.5) is 5.69 Å². The van der Waals surface area contributed by atoms with E-state index in [0.29, 0.717) is 6.42 Å². The van der Waals surface area contributed by atoms with Crippen LogP contribution in [0.2, 0.25) is 0 Å². The summed E-state index contributed by atoms with van der Waals surface area (Å²) in [6.45, 7) is 3.86. The van der Waals surface area contributed by atoms with Crippen LogP contribution >= 0.6 is 15.9 Å². The number of halogens is 1. The van der Waals surface area contributed by atoms with Crippen LogP contribution in [-0.2, 0) is 4.79 Å². The van der Waals surface area contributed by atoms with Crippen molar-refractivity contribution < 1.29 is 4.79 Å². The number of nitrogens with one attached hydrogen (secondary N) is 1. The number of carbonyl (C=O) groups is 1. The van der Waals surface area contributed by atoms with Crippen molar-refractivity contribution >= 4 is 27.5 Å². The van der Waals surface area contributed by atoms with E-state index in [4.69, 9.17) is 5.73 Å². The first-order valence-corrected chi connectivity index (χ1v) is 5.66. The molecule has 15 heavy (non-hydrogen) atoms. The number of aryl methyl sites for hydroxylation is 1. The highest BCUT2D eigenvalue weighted by Gasteiger charge is 2.10. The molecule has 0 saturated heterocycles. The van der Waals surface area contributed by atoms with Crippen LogP contribution in [0.3, 0.4) is 0 Å². The molecule has 1 atom stereocenters. The van der Waals surface area contributed by atoms with Gasteiger partial charge in [-0.3, -0.25) is 4.79 Å². The molecule has 3 N–H and O–H groups in total. The fraction of sp³-hybridized carbons (Fsp3) is 0.364. The van der Waals surface area contributed by atoms with E-state index < -0.39 is 6.04 Å². The Morgan fingerprint density at radius 1 is 1.60 bits per heavy atom. The molecule has 82 valence electrons. The molecule has 4 heteroatoms. The zero-order valence-electron chi connectivity index (χ0n) is 8.88. The highest BCUT2D eigenvalue weighted by atomic mass is 79.9. The molecular weight excluding hydrogens is 256 g/mol. The summed E-state index contributed by atoms with van der Waals surface area (Å²) >= 11 is 3.40. The molecule has 1 rings (SSSR count). The van der Waals surface area contributed by atoms with Gasteiger partial charge in [-0.05, 0) is 37.1 Å². The van der Waals surface area contributed by atoms with Crippen LogP contribution in [-0.4, -0.2) is 11.9 Å². The molecule has 0 fully saturated rings. The zero-order chi connectivity index (χ0) is 11.4. The number of hydrogen-bond donors (Lipinski definition) is 2. The normalized spacial score (nSPS) is 12.3. The van der Waals surface area contributed by atoms with Gasteiger partial charge in [-0.15, -0.1) is 0 Å². The van der Waals surface area contributed by atoms with Gasteiger partial charge >= 0.3 is 0 Å². The van der Waals surface area contributed by atoms with E-state index in [1.165, 1.54) is 0 Å². The number of nitrogens with two attached hydrogens (primary N) is 1. The minimum Gasteiger partial charge on any atom is -0.325 e. The molecule has 0 radical (unpaired) electrons. The average Bonchev–Trinajstić information content (AvgIpc) is 2.22. The minimum atomic E-state index is -0.436. The average molecular weight is 271 g/mol. The summed E-state index contributed by atoms with van der Waals surface area (Å²) in [6, 6.07) is 5.22. The number of anilines is 1. The maximum atomic E-state index is 11.5. The Morgan fingerprint density at radius 2 is 2.27 bits per heavy atom. The molecular formula is C11H15BrN2O. The highest BCUT2D eigenvalue weighted by molar-refractivity contribution is 9.10. The van der Waals surface area contributed by atoms with Crippen molar-refractivity contribution in [2.75, 3.05) is 5.32 Å². The van der Waals surface area contributed by atoms with Gasteiger partial charge in [0, 0.05) is 10.2 Å². The Hall–Kier alpha value is -0.870. The molecule has 0 aliphatic heterocycles. The van der Waals surface area contributed by atoms with Gasteiger partial charge in [-0.2, -0.15) is 0 Å². The lowest BCUT2D eigenvalue weighted by molar-refractivity contribution is -0.117. The lowest BCUT2D eigenvalue weighted by atomic mass is 10.2. The third-order valence-electron chi connectivity index (χ3n) is 2.20. The summed E-state index contributed by atoms with van der Waals surface area (Å²) in [4.78, 5) is 11.5. The van der Waals surface area contributed by atoms with Gasteiger partial charge in [0.2, 0.25) is 5.91 Å². The molecule has 1 aromatic carbocycles. The second-order valence-electron chi connectivity index (χ2n) is 3.47. The number of benzene rings is 1. The van der Waals surface area contributed by atoms with E-state index in [1.54, 1.807) is 0 Å². The van der Waals surface area contributed by atoms with Crippen molar-refractivity contribution in [3.8, 4) is 0 Å². The van der Waals surface area contributed by atoms with Crippen molar-refractivity contribution in [2.45, 2.75) is 26.3 Å². The maximum absolute atomic E-state index is 11.5. The number of carbonyl (C=O) groups excluding carboxylic acids is 1. The van der Waals surface area contributed by atoms with Gasteiger partial charge in [-0.1, -0.05) is 22.9 Å². The molecule has 0 unspecified atom stereocenters. The van der Waals surface area contributed by atoms with Gasteiger partial charge in [0.25, 0.3) is 0 Å². The summed E-state index contributed by atoms with van der Waals surface area (Å²) in [7, 11) is 0. The van der Waals surface area contributed by atoms with Crippen molar-refractivity contribution in [3.63, 3.8) is 0 Å². The predicted octanol–water partition coefficient (Wildman–Crippen LogP) is 2.43. The lowest BCUT2D eigenvalue weighted by Gasteiger charge is -2.10. The fourth-order valence-corrected chi connectivity index (χ4v) is 1.39. The first-order chi connectivity index (χ1) is 7.04. The second-order valence-corrected chi connectivity index (χ2v) is 4.32. The van der Waals surface area contributed by atoms with Crippen LogP contribution in [0.25, 0.3) is 0 Å². The Kier molecular flexibility index (Phi) is 4.29. The quantitative estimate of drug-likeness (QED) is 0.887. The van der Waals surface area contributed by atoms with Gasteiger partial charge in [0.1, 0.15) is 0 Å². The Morgan fingerprint density at radius 3 is 2.80 bits per heavy atom. The molecule has 0 bridgehead atoms. The number of amides is 1. The predicted molar refractivity (Wildman–Crippen MR) is 65.8 cm³/mol. The first kappa shape index (κ1) is 12.2. The summed E-state index contributed by atoms with van der Waals surface area (Å²) < 4.78 is 1.03. The summed E-state index contributed by atoms with van der Waals surface area (Å²) in [5, 5.41) is 2.78. The van der Waals surface area contributed by atoms with Crippen molar-refractivity contribution in [1.82, 2.24) is 0 Å². The zero-order valence-corrected chi connectivity index (χ0v) is 10.5. The number of hydrogen-bond acceptors (Lipinski definition) is 2. The molecule has 1 amide bonds. The Bertz CT molecular complexity index is 366. The highest BCUT2D eigenvalue weighted by Crippen LogP contribution is 2.20. The van der Waals surface area contributed by atoms with Gasteiger partial charge < -0.3 is 11.1 Å². The van der Waals surface area contributed by atoms with Crippen LogP contribution < -0.4 is 11.1 Å². The van der Waals surface area contributed by atoms with Crippen LogP contribution in [0.5, 0.6) is 0 Å². The molecule has 3 nitrogen and oxygen atoms in total. The molecule has 0 aromatic heterocycles. The second kappa shape index (κ2) is 5.28. The molecule has 0 heterocycles. The van der Waals surface area contributed by atoms with Gasteiger partial charge in [-0.25, -0.2) is 0 Å². The molecule has 0 aliphatic rings. The smallest absolute Gasteiger partial charge is 0.241 e. The van der Waals surface area contributed by atoms with Gasteiger partial charge in [0.15, 0.2) is 0 Å². The summed E-state index contributed by atoms with van der Waals surface area (Å²) in [5.41, 5.74) is 7.47. The first-order valence-electron chi connectivity index (χ1n) is 4.87. The van der Waals surface area contributed by atoms with Crippen molar-refractivity contribution in [1.29, 1.82) is 0 Å². The SMILES string of the molecule is CC[C@H](N)C(=O)Nc1ccc(Br)c(C)c1. The van der Waals surface area contributed by atoms with Crippen LogP contribution in [0.15, 0.2) is 22.7 Å². The third kappa shape index (κ3) is 3.32. The topological polar surface area (TPSA) is 55.1 Å². The Labute approximate surface area is 98.2 Å². The van der Waals surface area contributed by atoms with E-state index in [9.17, 15) is 4.79 Å². The maximum Gasteiger partial charge on any atom is 0.241 e. The molecule has 1 aromatic rings. The Balaban J connectivity index is 2.73.